The highest BCUT2D eigenvalue weighted by Crippen LogP contribution is 2.12. The Kier molecular flexibility index (Phi) is 6.34. The van der Waals surface area contributed by atoms with Crippen molar-refractivity contribution in [2.24, 2.45) is 0 Å². The van der Waals surface area contributed by atoms with E-state index in [0.29, 0.717) is 11.3 Å². The molecule has 0 saturated carbocycles. The van der Waals surface area contributed by atoms with Gasteiger partial charge in [-0.3, -0.25) is 9.59 Å². The molecule has 2 N–H and O–H groups in total. The lowest BCUT2D eigenvalue weighted by Gasteiger charge is -2.17. The first-order valence-corrected chi connectivity index (χ1v) is 9.41. The molecule has 0 aliphatic heterocycles. The van der Waals surface area contributed by atoms with E-state index in [0.717, 1.165) is 0 Å². The average Bonchev–Trinajstić information content (AvgIpc) is 2.67. The van der Waals surface area contributed by atoms with Crippen LogP contribution in [-0.2, 0) is 14.8 Å². The van der Waals surface area contributed by atoms with Gasteiger partial charge in [0.25, 0.3) is 5.91 Å². The van der Waals surface area contributed by atoms with Gasteiger partial charge in [-0.1, -0.05) is 12.0 Å². The Morgan fingerprint density at radius 1 is 1.15 bits per heavy atom. The Balaban J connectivity index is 2.02. The second-order valence-corrected chi connectivity index (χ2v) is 7.55. The number of hydrogen-bond acceptors (Lipinski definition) is 4. The van der Waals surface area contributed by atoms with Crippen LogP contribution in [0, 0.1) is 12.3 Å². The van der Waals surface area contributed by atoms with Crippen molar-refractivity contribution in [2.75, 3.05) is 26.0 Å². The molecule has 2 amide bonds. The van der Waals surface area contributed by atoms with Gasteiger partial charge in [-0.05, 0) is 49.5 Å². The van der Waals surface area contributed by atoms with Crippen LogP contribution in [0.4, 0.5) is 5.69 Å². The number of rotatable bonds is 6. The summed E-state index contributed by atoms with van der Waals surface area (Å²) in [5.74, 6) is 1.69. The van der Waals surface area contributed by atoms with Crippen LogP contribution in [0.15, 0.2) is 53.4 Å². The summed E-state index contributed by atoms with van der Waals surface area (Å²) in [5.41, 5.74) is 1.45. The first kappa shape index (κ1) is 20.2. The van der Waals surface area contributed by atoms with Gasteiger partial charge in [0, 0.05) is 23.9 Å². The molecule has 0 heterocycles. The maximum Gasteiger partial charge on any atom is 0.254 e. The summed E-state index contributed by atoms with van der Waals surface area (Å²) >= 11 is 0. The molecule has 0 atom stereocenters. The first-order valence-electron chi connectivity index (χ1n) is 7.92. The summed E-state index contributed by atoms with van der Waals surface area (Å²) in [7, 11) is -0.784. The lowest BCUT2D eigenvalue weighted by Crippen LogP contribution is -2.35. The number of sulfonamides is 1. The van der Waals surface area contributed by atoms with Crippen LogP contribution >= 0.6 is 0 Å². The van der Waals surface area contributed by atoms with Crippen LogP contribution in [0.5, 0.6) is 0 Å². The number of nitrogens with zero attached hydrogens (tertiary/aromatic N) is 1. The molecule has 2 aromatic carbocycles. The number of benzene rings is 2. The van der Waals surface area contributed by atoms with Crippen LogP contribution in [0.3, 0.4) is 0 Å². The van der Waals surface area contributed by atoms with Gasteiger partial charge in [-0.15, -0.1) is 6.42 Å². The molecule has 7 nitrogen and oxygen atoms in total. The highest BCUT2D eigenvalue weighted by molar-refractivity contribution is 7.89. The fraction of sp³-hybridized carbons (Fsp3) is 0.158. The third-order valence-electron chi connectivity index (χ3n) is 3.72. The minimum Gasteiger partial charge on any atom is -0.332 e. The Bertz CT molecular complexity index is 992. The fourth-order valence-electron chi connectivity index (χ4n) is 2.29. The van der Waals surface area contributed by atoms with Crippen molar-refractivity contribution >= 4 is 27.5 Å². The van der Waals surface area contributed by atoms with Crippen molar-refractivity contribution in [3.63, 3.8) is 0 Å². The maximum absolute atomic E-state index is 12.4. The SMILES string of the molecule is C#Cc1cccc(NC(=O)CN(C)C(=O)c2ccc(S(=O)(=O)NC)cc2)c1. The number of anilines is 1. The number of amides is 2. The first-order chi connectivity index (χ1) is 12.8. The van der Waals surface area contributed by atoms with Crippen LogP contribution in [0.2, 0.25) is 0 Å². The zero-order valence-corrected chi connectivity index (χ0v) is 15.7. The predicted molar refractivity (Wildman–Crippen MR) is 103 cm³/mol. The van der Waals surface area contributed by atoms with E-state index in [1.54, 1.807) is 24.3 Å². The molecule has 0 aliphatic carbocycles. The zero-order valence-electron chi connectivity index (χ0n) is 14.9. The molecule has 2 aromatic rings. The molecule has 0 saturated heterocycles. The number of hydrogen-bond donors (Lipinski definition) is 2. The van der Waals surface area contributed by atoms with Gasteiger partial charge in [0.1, 0.15) is 0 Å². The quantitative estimate of drug-likeness (QED) is 0.733. The third kappa shape index (κ3) is 5.17. The van der Waals surface area contributed by atoms with E-state index >= 15 is 0 Å². The molecule has 2 rings (SSSR count). The van der Waals surface area contributed by atoms with Gasteiger partial charge in [-0.2, -0.15) is 0 Å². The Labute approximate surface area is 158 Å². The number of nitrogens with one attached hydrogen (secondary N) is 2. The van der Waals surface area contributed by atoms with Crippen molar-refractivity contribution in [1.82, 2.24) is 9.62 Å². The lowest BCUT2D eigenvalue weighted by molar-refractivity contribution is -0.116. The second kappa shape index (κ2) is 8.49. The fourth-order valence-corrected chi connectivity index (χ4v) is 3.02. The predicted octanol–water partition coefficient (Wildman–Crippen LogP) is 1.29. The maximum atomic E-state index is 12.4. The third-order valence-corrected chi connectivity index (χ3v) is 5.15. The van der Waals surface area contributed by atoms with E-state index in [4.69, 9.17) is 6.42 Å². The number of carbonyl (C=O) groups excluding carboxylic acids is 2. The molecule has 0 fully saturated rings. The summed E-state index contributed by atoms with van der Waals surface area (Å²) in [5, 5.41) is 2.67. The van der Waals surface area contributed by atoms with Crippen LogP contribution < -0.4 is 10.0 Å². The number of terminal acetylenes is 1. The highest BCUT2D eigenvalue weighted by Gasteiger charge is 2.17. The molecule has 27 heavy (non-hydrogen) atoms. The molecule has 0 aliphatic rings. The molecule has 0 radical (unpaired) electrons. The zero-order chi connectivity index (χ0) is 20.0. The van der Waals surface area contributed by atoms with E-state index < -0.39 is 15.9 Å². The Hall–Kier alpha value is -3.15. The van der Waals surface area contributed by atoms with Crippen LogP contribution in [-0.4, -0.2) is 45.8 Å². The number of likely N-dealkylation sites (N-methyl/N-ethyl adjacent to an activating group) is 1. The molecular weight excluding hydrogens is 366 g/mol. The van der Waals surface area contributed by atoms with Crippen molar-refractivity contribution < 1.29 is 18.0 Å². The van der Waals surface area contributed by atoms with E-state index in [-0.39, 0.29) is 22.9 Å². The minimum atomic E-state index is -3.57. The molecule has 0 bridgehead atoms. The largest absolute Gasteiger partial charge is 0.332 e. The van der Waals surface area contributed by atoms with Gasteiger partial charge in [0.05, 0.1) is 11.4 Å². The van der Waals surface area contributed by atoms with Crippen molar-refractivity contribution in [3.05, 3.63) is 59.7 Å². The average molecular weight is 385 g/mol. The Morgan fingerprint density at radius 3 is 2.41 bits per heavy atom. The van der Waals surface area contributed by atoms with Gasteiger partial charge in [0.2, 0.25) is 15.9 Å². The normalized spacial score (nSPS) is 10.7. The molecule has 0 unspecified atom stereocenters. The summed E-state index contributed by atoms with van der Waals surface area (Å²) < 4.78 is 25.6. The van der Waals surface area contributed by atoms with E-state index in [1.165, 1.54) is 43.3 Å². The molecular formula is C19H19N3O4S. The second-order valence-electron chi connectivity index (χ2n) is 5.67. The Morgan fingerprint density at radius 2 is 1.81 bits per heavy atom. The van der Waals surface area contributed by atoms with Crippen molar-refractivity contribution in [3.8, 4) is 12.3 Å². The van der Waals surface area contributed by atoms with Crippen molar-refractivity contribution in [1.29, 1.82) is 0 Å². The van der Waals surface area contributed by atoms with E-state index in [2.05, 4.69) is 16.0 Å². The van der Waals surface area contributed by atoms with Gasteiger partial charge in [0.15, 0.2) is 0 Å². The minimum absolute atomic E-state index is 0.0512. The molecule has 140 valence electrons. The summed E-state index contributed by atoms with van der Waals surface area (Å²) in [6, 6.07) is 12.3. The molecule has 8 heteroatoms. The monoisotopic (exact) mass is 385 g/mol. The standard InChI is InChI=1S/C19H19N3O4S/c1-4-14-6-5-7-16(12-14)21-18(23)13-22(3)19(24)15-8-10-17(11-9-15)27(25,26)20-2/h1,5-12,20H,13H2,2-3H3,(H,21,23). The van der Waals surface area contributed by atoms with E-state index in [1.807, 2.05) is 0 Å². The topological polar surface area (TPSA) is 95.6 Å². The van der Waals surface area contributed by atoms with Crippen molar-refractivity contribution in [2.45, 2.75) is 4.90 Å². The summed E-state index contributed by atoms with van der Waals surface area (Å²) in [6.45, 7) is -0.171. The summed E-state index contributed by atoms with van der Waals surface area (Å²) in [6.07, 6.45) is 5.32. The number of carbonyl (C=O) groups is 2. The highest BCUT2D eigenvalue weighted by atomic mass is 32.2. The molecule has 0 spiro atoms. The van der Waals surface area contributed by atoms with E-state index in [9.17, 15) is 18.0 Å². The van der Waals surface area contributed by atoms with Crippen LogP contribution in [0.25, 0.3) is 0 Å². The smallest absolute Gasteiger partial charge is 0.254 e. The molecule has 0 aromatic heterocycles. The summed E-state index contributed by atoms with van der Waals surface area (Å²) in [4.78, 5) is 25.8. The van der Waals surface area contributed by atoms with Gasteiger partial charge < -0.3 is 10.2 Å². The van der Waals surface area contributed by atoms with Gasteiger partial charge in [-0.25, -0.2) is 13.1 Å². The van der Waals surface area contributed by atoms with Gasteiger partial charge >= 0.3 is 0 Å². The lowest BCUT2D eigenvalue weighted by atomic mass is 10.2. The van der Waals surface area contributed by atoms with Crippen LogP contribution in [0.1, 0.15) is 15.9 Å².